The van der Waals surface area contributed by atoms with Crippen LogP contribution in [0.5, 0.6) is 0 Å². The lowest BCUT2D eigenvalue weighted by Crippen LogP contribution is -2.48. The molecule has 1 aliphatic heterocycles. The van der Waals surface area contributed by atoms with E-state index in [0.717, 1.165) is 6.07 Å². The Morgan fingerprint density at radius 1 is 1.45 bits per heavy atom. The number of carbonyl (C=O) groups is 1. The molecule has 2 rings (SSSR count). The van der Waals surface area contributed by atoms with Crippen LogP contribution in [-0.4, -0.2) is 40.5 Å². The van der Waals surface area contributed by atoms with E-state index in [1.54, 1.807) is 0 Å². The van der Waals surface area contributed by atoms with Gasteiger partial charge in [-0.2, -0.15) is 27.1 Å². The quantitative estimate of drug-likeness (QED) is 0.685. The van der Waals surface area contributed by atoms with Gasteiger partial charge in [-0.1, -0.05) is 0 Å². The molecule has 1 aromatic rings. The minimum Gasteiger partial charge on any atom is -0.461 e. The highest BCUT2D eigenvalue weighted by atomic mass is 19.4. The van der Waals surface area contributed by atoms with Gasteiger partial charge in [0.2, 0.25) is 0 Å². The third-order valence-electron chi connectivity index (χ3n) is 3.28. The molecule has 5 nitrogen and oxygen atoms in total. The standard InChI is InChI=1S/C12H14F5N3O2/c1-3-22-10(21)7-5-9-18-6(2)4-8(20(9)19-7)11(13,14)12(15,16)17/h5-6,8,18H,3-4H2,1-2H3/t6-,8+/m1/s1. The SMILES string of the molecule is CCOC(=O)c1cc2n(n1)[C@H](C(F)(F)C(F)(F)F)C[C@@H](C)N2. The van der Waals surface area contributed by atoms with Crippen LogP contribution in [0.1, 0.15) is 36.8 Å². The van der Waals surface area contributed by atoms with Crippen molar-refractivity contribution in [3.8, 4) is 0 Å². The van der Waals surface area contributed by atoms with Gasteiger partial charge in [-0.3, -0.25) is 0 Å². The summed E-state index contributed by atoms with van der Waals surface area (Å²) >= 11 is 0. The molecular formula is C12H14F5N3O2. The second kappa shape index (κ2) is 5.40. The molecule has 0 aliphatic carbocycles. The lowest BCUT2D eigenvalue weighted by atomic mass is 9.99. The number of halogens is 5. The van der Waals surface area contributed by atoms with Crippen molar-refractivity contribution in [2.24, 2.45) is 0 Å². The summed E-state index contributed by atoms with van der Waals surface area (Å²) in [5, 5.41) is 6.29. The fourth-order valence-corrected chi connectivity index (χ4v) is 2.28. The molecule has 124 valence electrons. The number of rotatable bonds is 3. The van der Waals surface area contributed by atoms with Crippen LogP contribution in [0.15, 0.2) is 6.07 Å². The van der Waals surface area contributed by atoms with Gasteiger partial charge in [0.1, 0.15) is 11.9 Å². The van der Waals surface area contributed by atoms with Crippen LogP contribution in [0.25, 0.3) is 0 Å². The molecule has 0 saturated carbocycles. The third-order valence-corrected chi connectivity index (χ3v) is 3.28. The number of anilines is 1. The molecule has 0 spiro atoms. The first kappa shape index (κ1) is 16.5. The summed E-state index contributed by atoms with van der Waals surface area (Å²) < 4.78 is 70.4. The molecule has 2 heterocycles. The zero-order chi connectivity index (χ0) is 16.7. The van der Waals surface area contributed by atoms with E-state index >= 15 is 0 Å². The molecular weight excluding hydrogens is 313 g/mol. The number of fused-ring (bicyclic) bond motifs is 1. The van der Waals surface area contributed by atoms with Crippen molar-refractivity contribution in [1.29, 1.82) is 0 Å². The van der Waals surface area contributed by atoms with Crippen LogP contribution in [0.4, 0.5) is 27.8 Å². The van der Waals surface area contributed by atoms with Crippen molar-refractivity contribution in [3.63, 3.8) is 0 Å². The average Bonchev–Trinajstić information content (AvgIpc) is 2.80. The number of nitrogens with one attached hydrogen (secondary N) is 1. The summed E-state index contributed by atoms with van der Waals surface area (Å²) in [6.45, 7) is 3.04. The van der Waals surface area contributed by atoms with E-state index in [0.29, 0.717) is 4.68 Å². The summed E-state index contributed by atoms with van der Waals surface area (Å²) in [5.74, 6) is -5.92. The lowest BCUT2D eigenvalue weighted by Gasteiger charge is -2.35. The van der Waals surface area contributed by atoms with Crippen LogP contribution in [0, 0.1) is 0 Å². The van der Waals surface area contributed by atoms with Crippen molar-refractivity contribution in [2.75, 3.05) is 11.9 Å². The molecule has 2 atom stereocenters. The van der Waals surface area contributed by atoms with E-state index in [9.17, 15) is 26.7 Å². The van der Waals surface area contributed by atoms with Gasteiger partial charge in [-0.05, 0) is 20.3 Å². The first-order valence-electron chi connectivity index (χ1n) is 6.55. The van der Waals surface area contributed by atoms with Crippen molar-refractivity contribution in [3.05, 3.63) is 11.8 Å². The second-order valence-corrected chi connectivity index (χ2v) is 5.00. The van der Waals surface area contributed by atoms with Crippen molar-refractivity contribution in [1.82, 2.24) is 9.78 Å². The summed E-state index contributed by atoms with van der Waals surface area (Å²) in [7, 11) is 0. The fraction of sp³-hybridized carbons (Fsp3) is 0.667. The Hall–Kier alpha value is -1.87. The number of hydrogen-bond acceptors (Lipinski definition) is 4. The zero-order valence-corrected chi connectivity index (χ0v) is 11.7. The van der Waals surface area contributed by atoms with E-state index < -0.39 is 36.6 Å². The Morgan fingerprint density at radius 2 is 2.09 bits per heavy atom. The van der Waals surface area contributed by atoms with Crippen molar-refractivity contribution in [2.45, 2.75) is 44.5 Å². The van der Waals surface area contributed by atoms with Gasteiger partial charge >= 0.3 is 18.1 Å². The van der Waals surface area contributed by atoms with Crippen molar-refractivity contribution >= 4 is 11.8 Å². The number of aromatic nitrogens is 2. The Morgan fingerprint density at radius 3 is 2.64 bits per heavy atom. The van der Waals surface area contributed by atoms with Crippen LogP contribution < -0.4 is 5.32 Å². The van der Waals surface area contributed by atoms with Gasteiger partial charge in [0.05, 0.1) is 6.61 Å². The smallest absolute Gasteiger partial charge is 0.455 e. The number of hydrogen-bond donors (Lipinski definition) is 1. The predicted molar refractivity (Wildman–Crippen MR) is 65.9 cm³/mol. The summed E-state index contributed by atoms with van der Waals surface area (Å²) in [6, 6.07) is -1.74. The lowest BCUT2D eigenvalue weighted by molar-refractivity contribution is -0.301. The number of esters is 1. The maximum Gasteiger partial charge on any atom is 0.455 e. The number of nitrogens with zero attached hydrogens (tertiary/aromatic N) is 2. The van der Waals surface area contributed by atoms with E-state index in [4.69, 9.17) is 0 Å². The molecule has 1 aromatic heterocycles. The molecule has 10 heteroatoms. The van der Waals surface area contributed by atoms with Crippen LogP contribution >= 0.6 is 0 Å². The maximum atomic E-state index is 13.7. The van der Waals surface area contributed by atoms with Crippen molar-refractivity contribution < 1.29 is 31.5 Å². The summed E-state index contributed by atoms with van der Waals surface area (Å²) in [6.07, 6.45) is -6.19. The van der Waals surface area contributed by atoms with Crippen LogP contribution in [0.3, 0.4) is 0 Å². The van der Waals surface area contributed by atoms with Crippen LogP contribution in [0.2, 0.25) is 0 Å². The van der Waals surface area contributed by atoms with Crippen LogP contribution in [-0.2, 0) is 4.74 Å². The fourth-order valence-electron chi connectivity index (χ4n) is 2.28. The number of alkyl halides is 5. The molecule has 22 heavy (non-hydrogen) atoms. The molecule has 0 amide bonds. The summed E-state index contributed by atoms with van der Waals surface area (Å²) in [5.41, 5.74) is -0.318. The zero-order valence-electron chi connectivity index (χ0n) is 11.7. The molecule has 0 saturated heterocycles. The predicted octanol–water partition coefficient (Wildman–Crippen LogP) is 3.00. The number of carbonyl (C=O) groups excluding carboxylic acids is 1. The molecule has 0 bridgehead atoms. The van der Waals surface area contributed by atoms with E-state index in [-0.39, 0.29) is 18.1 Å². The minimum absolute atomic E-state index is 0.0347. The van der Waals surface area contributed by atoms with E-state index in [1.807, 2.05) is 0 Å². The Labute approximate surface area is 122 Å². The highest BCUT2D eigenvalue weighted by Gasteiger charge is 2.64. The Kier molecular flexibility index (Phi) is 4.05. The summed E-state index contributed by atoms with van der Waals surface area (Å²) in [4.78, 5) is 11.6. The average molecular weight is 327 g/mol. The largest absolute Gasteiger partial charge is 0.461 e. The monoisotopic (exact) mass is 327 g/mol. The Balaban J connectivity index is 2.43. The first-order valence-corrected chi connectivity index (χ1v) is 6.55. The maximum absolute atomic E-state index is 13.7. The normalized spacial score (nSPS) is 22.0. The number of ether oxygens (including phenoxy) is 1. The molecule has 0 unspecified atom stereocenters. The molecule has 1 aliphatic rings. The minimum atomic E-state index is -5.71. The molecule has 0 aromatic carbocycles. The second-order valence-electron chi connectivity index (χ2n) is 5.00. The molecule has 1 N–H and O–H groups in total. The van der Waals surface area contributed by atoms with Gasteiger partial charge in [-0.25, -0.2) is 9.48 Å². The van der Waals surface area contributed by atoms with Gasteiger partial charge in [0.25, 0.3) is 0 Å². The first-order chi connectivity index (χ1) is 10.1. The van der Waals surface area contributed by atoms with E-state index in [2.05, 4.69) is 15.2 Å². The molecule has 0 fully saturated rings. The van der Waals surface area contributed by atoms with Gasteiger partial charge in [0, 0.05) is 12.1 Å². The van der Waals surface area contributed by atoms with E-state index in [1.165, 1.54) is 13.8 Å². The topological polar surface area (TPSA) is 56.2 Å². The highest BCUT2D eigenvalue weighted by molar-refractivity contribution is 5.88. The van der Waals surface area contributed by atoms with Gasteiger partial charge in [0.15, 0.2) is 5.69 Å². The van der Waals surface area contributed by atoms with Gasteiger partial charge < -0.3 is 10.1 Å². The highest BCUT2D eigenvalue weighted by Crippen LogP contribution is 2.47. The Bertz CT molecular complexity index is 570. The van der Waals surface area contributed by atoms with Gasteiger partial charge in [-0.15, -0.1) is 0 Å². The third kappa shape index (κ3) is 2.73. The molecule has 0 radical (unpaired) electrons.